The summed E-state index contributed by atoms with van der Waals surface area (Å²) >= 11 is 0. The predicted octanol–water partition coefficient (Wildman–Crippen LogP) is 5.79. The average Bonchev–Trinajstić information content (AvgIpc) is 3.22. The minimum Gasteiger partial charge on any atom is -0.444 e. The molecule has 36 heavy (non-hydrogen) atoms. The van der Waals surface area contributed by atoms with Crippen LogP contribution >= 0.6 is 0 Å². The molecule has 2 aromatic carbocycles. The van der Waals surface area contributed by atoms with Crippen LogP contribution in [0.3, 0.4) is 0 Å². The summed E-state index contributed by atoms with van der Waals surface area (Å²) in [6, 6.07) is 18.5. The van der Waals surface area contributed by atoms with Gasteiger partial charge in [-0.15, -0.1) is 5.10 Å². The van der Waals surface area contributed by atoms with Crippen LogP contribution in [0.1, 0.15) is 52.5 Å². The lowest BCUT2D eigenvalue weighted by Gasteiger charge is -2.43. The van der Waals surface area contributed by atoms with Crippen molar-refractivity contribution in [3.05, 3.63) is 66.4 Å². The third-order valence-electron chi connectivity index (χ3n) is 6.41. The zero-order chi connectivity index (χ0) is 25.3. The van der Waals surface area contributed by atoms with Gasteiger partial charge in [0, 0.05) is 23.9 Å². The van der Waals surface area contributed by atoms with Crippen molar-refractivity contribution in [2.45, 2.75) is 58.1 Å². The first-order valence-electron chi connectivity index (χ1n) is 12.5. The van der Waals surface area contributed by atoms with Crippen molar-refractivity contribution in [2.24, 2.45) is 0 Å². The SMILES string of the molecule is CCNc1nc2nc(-c3ccc(C4(NC(=O)OC(C)(C)C)CCC4)cc3)c(-c3ccccc3)cn2n1. The van der Waals surface area contributed by atoms with Crippen LogP contribution in [0.4, 0.5) is 10.7 Å². The number of carbonyl (C=O) groups is 1. The molecule has 1 aliphatic carbocycles. The fourth-order valence-corrected chi connectivity index (χ4v) is 4.57. The standard InChI is InChI=1S/C28H32N6O2/c1-5-29-24-31-25-30-23(22(18-34(25)33-24)19-10-7-6-8-11-19)20-12-14-21(15-13-20)28(16-9-17-28)32-26(35)36-27(2,3)4/h6-8,10-15,18H,5,9,16-17H2,1-4H3,(H,29,33)(H,32,35). The Morgan fingerprint density at radius 2 is 1.75 bits per heavy atom. The maximum atomic E-state index is 12.5. The summed E-state index contributed by atoms with van der Waals surface area (Å²) in [4.78, 5) is 22.0. The quantitative estimate of drug-likeness (QED) is 0.360. The van der Waals surface area contributed by atoms with E-state index in [0.717, 1.165) is 53.8 Å². The largest absolute Gasteiger partial charge is 0.444 e. The second-order valence-corrected chi connectivity index (χ2v) is 10.2. The van der Waals surface area contributed by atoms with Gasteiger partial charge >= 0.3 is 6.09 Å². The molecule has 0 radical (unpaired) electrons. The van der Waals surface area contributed by atoms with Crippen molar-refractivity contribution < 1.29 is 9.53 Å². The number of alkyl carbamates (subject to hydrolysis) is 1. The minimum atomic E-state index is -0.536. The Hall–Kier alpha value is -3.94. The van der Waals surface area contributed by atoms with E-state index in [1.54, 1.807) is 4.52 Å². The number of benzene rings is 2. The Kier molecular flexibility index (Phi) is 6.12. The highest BCUT2D eigenvalue weighted by Gasteiger charge is 2.41. The molecule has 186 valence electrons. The van der Waals surface area contributed by atoms with Crippen LogP contribution in [0.25, 0.3) is 28.2 Å². The van der Waals surface area contributed by atoms with Gasteiger partial charge in [0.2, 0.25) is 5.95 Å². The van der Waals surface area contributed by atoms with E-state index in [0.29, 0.717) is 11.7 Å². The molecule has 0 aliphatic heterocycles. The van der Waals surface area contributed by atoms with Gasteiger partial charge in [-0.25, -0.2) is 14.3 Å². The third-order valence-corrected chi connectivity index (χ3v) is 6.41. The van der Waals surface area contributed by atoms with Gasteiger partial charge in [-0.3, -0.25) is 0 Å². The van der Waals surface area contributed by atoms with Gasteiger partial charge in [-0.1, -0.05) is 54.6 Å². The van der Waals surface area contributed by atoms with Crippen LogP contribution in [0, 0.1) is 0 Å². The van der Waals surface area contributed by atoms with Gasteiger partial charge in [-0.05, 0) is 58.1 Å². The summed E-state index contributed by atoms with van der Waals surface area (Å²) in [5.41, 5.74) is 3.96. The van der Waals surface area contributed by atoms with Crippen LogP contribution in [-0.2, 0) is 10.3 Å². The molecule has 1 fully saturated rings. The van der Waals surface area contributed by atoms with Crippen LogP contribution in [0.5, 0.6) is 0 Å². The number of fused-ring (bicyclic) bond motifs is 1. The summed E-state index contributed by atoms with van der Waals surface area (Å²) in [6.07, 6.45) is 4.44. The van der Waals surface area contributed by atoms with Gasteiger partial charge in [0.1, 0.15) is 5.60 Å². The topological polar surface area (TPSA) is 93.4 Å². The number of nitrogens with zero attached hydrogens (tertiary/aromatic N) is 4. The molecule has 5 rings (SSSR count). The molecule has 1 aliphatic rings. The van der Waals surface area contributed by atoms with E-state index in [9.17, 15) is 4.79 Å². The number of ether oxygens (including phenoxy) is 1. The van der Waals surface area contributed by atoms with Crippen molar-refractivity contribution in [2.75, 3.05) is 11.9 Å². The molecule has 2 heterocycles. The lowest BCUT2D eigenvalue weighted by Crippen LogP contribution is -2.52. The lowest BCUT2D eigenvalue weighted by molar-refractivity contribution is 0.0377. The van der Waals surface area contributed by atoms with Gasteiger partial charge in [0.05, 0.1) is 11.2 Å². The van der Waals surface area contributed by atoms with Crippen LogP contribution < -0.4 is 10.6 Å². The molecular formula is C28H32N6O2. The first-order valence-corrected chi connectivity index (χ1v) is 12.5. The van der Waals surface area contributed by atoms with E-state index >= 15 is 0 Å². The number of nitrogens with one attached hydrogen (secondary N) is 2. The Morgan fingerprint density at radius 1 is 1.03 bits per heavy atom. The lowest BCUT2D eigenvalue weighted by atomic mass is 9.71. The number of aromatic nitrogens is 4. The molecule has 0 saturated heterocycles. The Labute approximate surface area is 211 Å². The maximum Gasteiger partial charge on any atom is 0.408 e. The highest BCUT2D eigenvalue weighted by atomic mass is 16.6. The van der Waals surface area contributed by atoms with Crippen molar-refractivity contribution in [1.82, 2.24) is 24.9 Å². The number of hydrogen-bond donors (Lipinski definition) is 2. The van der Waals surface area contributed by atoms with Gasteiger partial charge < -0.3 is 15.4 Å². The van der Waals surface area contributed by atoms with Crippen molar-refractivity contribution in [3.8, 4) is 22.4 Å². The number of amides is 1. The second kappa shape index (κ2) is 9.26. The minimum absolute atomic E-state index is 0.381. The predicted molar refractivity (Wildman–Crippen MR) is 141 cm³/mol. The molecule has 1 amide bonds. The summed E-state index contributed by atoms with van der Waals surface area (Å²) in [6.45, 7) is 8.36. The molecule has 1 saturated carbocycles. The molecule has 4 aromatic rings. The van der Waals surface area contributed by atoms with E-state index in [1.165, 1.54) is 0 Å². The van der Waals surface area contributed by atoms with Gasteiger partial charge in [0.15, 0.2) is 0 Å². The zero-order valence-corrected chi connectivity index (χ0v) is 21.2. The fraction of sp³-hybridized carbons (Fsp3) is 0.357. The Morgan fingerprint density at radius 3 is 2.36 bits per heavy atom. The zero-order valence-electron chi connectivity index (χ0n) is 21.2. The van der Waals surface area contributed by atoms with E-state index in [-0.39, 0.29) is 6.09 Å². The monoisotopic (exact) mass is 484 g/mol. The summed E-state index contributed by atoms with van der Waals surface area (Å²) < 4.78 is 7.24. The van der Waals surface area contributed by atoms with Gasteiger partial charge in [0.25, 0.3) is 5.78 Å². The molecule has 8 heteroatoms. The van der Waals surface area contributed by atoms with E-state index in [4.69, 9.17) is 9.72 Å². The van der Waals surface area contributed by atoms with E-state index in [1.807, 2.05) is 52.1 Å². The maximum absolute atomic E-state index is 12.5. The van der Waals surface area contributed by atoms with Crippen molar-refractivity contribution in [1.29, 1.82) is 0 Å². The van der Waals surface area contributed by atoms with E-state index < -0.39 is 11.1 Å². The molecule has 2 aromatic heterocycles. The molecule has 0 bridgehead atoms. The third kappa shape index (κ3) is 4.76. The molecule has 0 spiro atoms. The molecular weight excluding hydrogens is 452 g/mol. The molecule has 0 atom stereocenters. The highest BCUT2D eigenvalue weighted by molar-refractivity contribution is 5.81. The number of anilines is 1. The van der Waals surface area contributed by atoms with Gasteiger partial charge in [-0.2, -0.15) is 4.98 Å². The Balaban J connectivity index is 1.51. The number of carbonyl (C=O) groups excluding carboxylic acids is 1. The van der Waals surface area contributed by atoms with E-state index in [2.05, 4.69) is 57.1 Å². The van der Waals surface area contributed by atoms with Crippen LogP contribution in [0.15, 0.2) is 60.8 Å². The van der Waals surface area contributed by atoms with Crippen molar-refractivity contribution in [3.63, 3.8) is 0 Å². The smallest absolute Gasteiger partial charge is 0.408 e. The Bertz CT molecular complexity index is 1370. The summed E-state index contributed by atoms with van der Waals surface area (Å²) in [5.74, 6) is 1.09. The first-order chi connectivity index (χ1) is 17.3. The molecule has 0 unspecified atom stereocenters. The van der Waals surface area contributed by atoms with Crippen LogP contribution in [-0.4, -0.2) is 37.8 Å². The highest BCUT2D eigenvalue weighted by Crippen LogP contribution is 2.42. The van der Waals surface area contributed by atoms with Crippen molar-refractivity contribution >= 4 is 17.8 Å². The first kappa shape index (κ1) is 23.8. The second-order valence-electron chi connectivity index (χ2n) is 10.2. The summed E-state index contributed by atoms with van der Waals surface area (Å²) in [5, 5.41) is 10.8. The average molecular weight is 485 g/mol. The number of hydrogen-bond acceptors (Lipinski definition) is 6. The summed E-state index contributed by atoms with van der Waals surface area (Å²) in [7, 11) is 0. The fourth-order valence-electron chi connectivity index (χ4n) is 4.57. The normalized spacial score (nSPS) is 14.8. The number of rotatable bonds is 6. The molecule has 8 nitrogen and oxygen atoms in total. The van der Waals surface area contributed by atoms with Crippen LogP contribution in [0.2, 0.25) is 0 Å². The molecule has 2 N–H and O–H groups in total.